The third kappa shape index (κ3) is 3.78. The van der Waals surface area contributed by atoms with E-state index in [-0.39, 0.29) is 11.7 Å². The van der Waals surface area contributed by atoms with E-state index in [0.29, 0.717) is 22.7 Å². The SMILES string of the molecule is CC(=O)c1cccc(NC(=O)c2ccc(C(C)C)cc2)c1. The van der Waals surface area contributed by atoms with Crippen molar-refractivity contribution in [3.63, 3.8) is 0 Å². The maximum Gasteiger partial charge on any atom is 0.255 e. The van der Waals surface area contributed by atoms with Gasteiger partial charge in [0.05, 0.1) is 0 Å². The number of benzene rings is 2. The molecule has 2 aromatic carbocycles. The zero-order valence-corrected chi connectivity index (χ0v) is 12.5. The molecule has 0 bridgehead atoms. The fourth-order valence-electron chi connectivity index (χ4n) is 2.04. The molecule has 0 saturated carbocycles. The van der Waals surface area contributed by atoms with E-state index in [1.807, 2.05) is 24.3 Å². The predicted molar refractivity (Wildman–Crippen MR) is 84.9 cm³/mol. The van der Waals surface area contributed by atoms with Gasteiger partial charge < -0.3 is 5.32 Å². The number of anilines is 1. The molecule has 0 saturated heterocycles. The molecule has 1 N–H and O–H groups in total. The number of Topliss-reactive ketones (excluding diaryl/α,β-unsaturated/α-hetero) is 1. The second-order valence-corrected chi connectivity index (χ2v) is 5.37. The molecule has 0 radical (unpaired) electrons. The van der Waals surface area contributed by atoms with E-state index in [4.69, 9.17) is 0 Å². The van der Waals surface area contributed by atoms with Crippen LogP contribution in [0.3, 0.4) is 0 Å². The third-order valence-electron chi connectivity index (χ3n) is 3.37. The van der Waals surface area contributed by atoms with Crippen LogP contribution in [0.1, 0.15) is 53.0 Å². The van der Waals surface area contributed by atoms with Crippen molar-refractivity contribution in [1.29, 1.82) is 0 Å². The van der Waals surface area contributed by atoms with Crippen molar-refractivity contribution in [2.75, 3.05) is 5.32 Å². The Balaban J connectivity index is 2.14. The minimum atomic E-state index is -0.175. The minimum Gasteiger partial charge on any atom is -0.322 e. The molecule has 2 rings (SSSR count). The van der Waals surface area contributed by atoms with Crippen molar-refractivity contribution in [3.05, 3.63) is 65.2 Å². The molecular formula is C18H19NO2. The number of nitrogens with one attached hydrogen (secondary N) is 1. The smallest absolute Gasteiger partial charge is 0.255 e. The molecule has 0 spiro atoms. The average Bonchev–Trinajstić information content (AvgIpc) is 2.47. The van der Waals surface area contributed by atoms with Crippen LogP contribution in [0, 0.1) is 0 Å². The van der Waals surface area contributed by atoms with E-state index in [0.717, 1.165) is 0 Å². The van der Waals surface area contributed by atoms with E-state index >= 15 is 0 Å². The van der Waals surface area contributed by atoms with Crippen LogP contribution in [-0.4, -0.2) is 11.7 Å². The summed E-state index contributed by atoms with van der Waals surface area (Å²) in [5.74, 6) is 0.243. The highest BCUT2D eigenvalue weighted by Crippen LogP contribution is 2.16. The van der Waals surface area contributed by atoms with Crippen LogP contribution in [0.4, 0.5) is 5.69 Å². The molecule has 0 unspecified atom stereocenters. The number of amides is 1. The van der Waals surface area contributed by atoms with Gasteiger partial charge in [0.1, 0.15) is 0 Å². The van der Waals surface area contributed by atoms with Gasteiger partial charge in [0, 0.05) is 16.8 Å². The number of ketones is 1. The van der Waals surface area contributed by atoms with Gasteiger partial charge in [-0.2, -0.15) is 0 Å². The summed E-state index contributed by atoms with van der Waals surface area (Å²) in [4.78, 5) is 23.5. The number of carbonyl (C=O) groups excluding carboxylic acids is 2. The van der Waals surface area contributed by atoms with E-state index in [1.54, 1.807) is 24.3 Å². The average molecular weight is 281 g/mol. The molecule has 0 atom stereocenters. The summed E-state index contributed by atoms with van der Waals surface area (Å²) in [5, 5.41) is 2.81. The Labute approximate surface area is 125 Å². The first-order valence-electron chi connectivity index (χ1n) is 6.99. The van der Waals surface area contributed by atoms with E-state index < -0.39 is 0 Å². The van der Waals surface area contributed by atoms with Crippen LogP contribution in [-0.2, 0) is 0 Å². The highest BCUT2D eigenvalue weighted by atomic mass is 16.1. The van der Waals surface area contributed by atoms with Gasteiger partial charge >= 0.3 is 0 Å². The Kier molecular flexibility index (Phi) is 4.53. The first-order chi connectivity index (χ1) is 9.97. The maximum absolute atomic E-state index is 12.2. The number of hydrogen-bond donors (Lipinski definition) is 1. The summed E-state index contributed by atoms with van der Waals surface area (Å²) in [6.45, 7) is 5.73. The van der Waals surface area contributed by atoms with Crippen LogP contribution in [0.5, 0.6) is 0 Å². The Morgan fingerprint density at radius 1 is 0.952 bits per heavy atom. The second-order valence-electron chi connectivity index (χ2n) is 5.37. The molecule has 2 aromatic rings. The summed E-state index contributed by atoms with van der Waals surface area (Å²) >= 11 is 0. The van der Waals surface area contributed by atoms with Gasteiger partial charge in [-0.1, -0.05) is 38.1 Å². The zero-order valence-electron chi connectivity index (χ0n) is 12.5. The Morgan fingerprint density at radius 2 is 1.62 bits per heavy atom. The molecule has 1 amide bonds. The Morgan fingerprint density at radius 3 is 2.19 bits per heavy atom. The molecule has 21 heavy (non-hydrogen) atoms. The predicted octanol–water partition coefficient (Wildman–Crippen LogP) is 4.26. The fourth-order valence-corrected chi connectivity index (χ4v) is 2.04. The topological polar surface area (TPSA) is 46.2 Å². The van der Waals surface area contributed by atoms with Crippen LogP contribution in [0.25, 0.3) is 0 Å². The molecular weight excluding hydrogens is 262 g/mol. The third-order valence-corrected chi connectivity index (χ3v) is 3.37. The van der Waals surface area contributed by atoms with Gasteiger partial charge in [-0.25, -0.2) is 0 Å². The molecule has 0 aliphatic heterocycles. The van der Waals surface area contributed by atoms with E-state index in [1.165, 1.54) is 12.5 Å². The summed E-state index contributed by atoms with van der Waals surface area (Å²) in [6.07, 6.45) is 0. The molecule has 3 heteroatoms. The summed E-state index contributed by atoms with van der Waals surface area (Å²) < 4.78 is 0. The van der Waals surface area contributed by atoms with Gasteiger partial charge in [-0.05, 0) is 42.7 Å². The summed E-state index contributed by atoms with van der Waals surface area (Å²) in [7, 11) is 0. The van der Waals surface area contributed by atoms with Crippen LogP contribution >= 0.6 is 0 Å². The monoisotopic (exact) mass is 281 g/mol. The van der Waals surface area contributed by atoms with E-state index in [2.05, 4.69) is 19.2 Å². The fraction of sp³-hybridized carbons (Fsp3) is 0.222. The number of rotatable bonds is 4. The van der Waals surface area contributed by atoms with Gasteiger partial charge in [0.2, 0.25) is 0 Å². The van der Waals surface area contributed by atoms with Crippen molar-refractivity contribution in [1.82, 2.24) is 0 Å². The maximum atomic E-state index is 12.2. The lowest BCUT2D eigenvalue weighted by Gasteiger charge is -2.08. The van der Waals surface area contributed by atoms with Crippen LogP contribution < -0.4 is 5.32 Å². The molecule has 0 aliphatic rings. The first-order valence-corrected chi connectivity index (χ1v) is 6.99. The van der Waals surface area contributed by atoms with Crippen molar-refractivity contribution < 1.29 is 9.59 Å². The standard InChI is InChI=1S/C18H19NO2/c1-12(2)14-7-9-15(10-8-14)18(21)19-17-6-4-5-16(11-17)13(3)20/h4-12H,1-3H3,(H,19,21). The van der Waals surface area contributed by atoms with Gasteiger partial charge in [0.25, 0.3) is 5.91 Å². The van der Waals surface area contributed by atoms with Crippen molar-refractivity contribution in [2.24, 2.45) is 0 Å². The van der Waals surface area contributed by atoms with Gasteiger partial charge in [0.15, 0.2) is 5.78 Å². The van der Waals surface area contributed by atoms with Crippen LogP contribution in [0.2, 0.25) is 0 Å². The molecule has 3 nitrogen and oxygen atoms in total. The highest BCUT2D eigenvalue weighted by Gasteiger charge is 2.08. The summed E-state index contributed by atoms with van der Waals surface area (Å²) in [6, 6.07) is 14.5. The molecule has 0 fully saturated rings. The minimum absolute atomic E-state index is 0.0209. The second kappa shape index (κ2) is 6.35. The molecule has 0 aliphatic carbocycles. The molecule has 0 aromatic heterocycles. The lowest BCUT2D eigenvalue weighted by molar-refractivity contribution is 0.101. The number of carbonyl (C=O) groups is 2. The normalized spacial score (nSPS) is 10.5. The quantitative estimate of drug-likeness (QED) is 0.851. The lowest BCUT2D eigenvalue weighted by Crippen LogP contribution is -2.12. The largest absolute Gasteiger partial charge is 0.322 e. The Bertz CT molecular complexity index is 657. The molecule has 108 valence electrons. The Hall–Kier alpha value is -2.42. The van der Waals surface area contributed by atoms with Gasteiger partial charge in [-0.3, -0.25) is 9.59 Å². The summed E-state index contributed by atoms with van der Waals surface area (Å²) in [5.41, 5.74) is 3.02. The zero-order chi connectivity index (χ0) is 15.4. The van der Waals surface area contributed by atoms with Crippen molar-refractivity contribution >= 4 is 17.4 Å². The highest BCUT2D eigenvalue weighted by molar-refractivity contribution is 6.05. The van der Waals surface area contributed by atoms with Crippen LogP contribution in [0.15, 0.2) is 48.5 Å². The lowest BCUT2D eigenvalue weighted by atomic mass is 10.0. The number of hydrogen-bond acceptors (Lipinski definition) is 2. The van der Waals surface area contributed by atoms with Gasteiger partial charge in [-0.15, -0.1) is 0 Å². The first kappa shape index (κ1) is 15.0. The van der Waals surface area contributed by atoms with Crippen molar-refractivity contribution in [3.8, 4) is 0 Å². The van der Waals surface area contributed by atoms with Crippen molar-refractivity contribution in [2.45, 2.75) is 26.7 Å². The van der Waals surface area contributed by atoms with E-state index in [9.17, 15) is 9.59 Å². The molecule has 0 heterocycles.